The molecule has 0 saturated carbocycles. The van der Waals surface area contributed by atoms with Crippen LogP contribution in [0.2, 0.25) is 10.2 Å². The maximum atomic E-state index is 14.0. The summed E-state index contributed by atoms with van der Waals surface area (Å²) >= 11 is 12.4. The van der Waals surface area contributed by atoms with E-state index in [4.69, 9.17) is 32.4 Å². The second-order valence-corrected chi connectivity index (χ2v) is 9.34. The molecule has 1 aromatic carbocycles. The zero-order chi connectivity index (χ0) is 26.0. The zero-order valence-electron chi connectivity index (χ0n) is 19.5. The minimum atomic E-state index is -0.969. The van der Waals surface area contributed by atoms with Crippen LogP contribution in [0.1, 0.15) is 41.8 Å². The highest BCUT2D eigenvalue weighted by Gasteiger charge is 2.34. The average molecular weight is 541 g/mol. The minimum absolute atomic E-state index is 0.0184. The smallest absolute Gasteiger partial charge is 0.302 e. The third kappa shape index (κ3) is 5.71. The molecular weight excluding hydrogens is 517 g/mol. The first-order valence-corrected chi connectivity index (χ1v) is 12.0. The number of aryl methyl sites for hydroxylation is 1. The highest BCUT2D eigenvalue weighted by Crippen LogP contribution is 2.36. The summed E-state index contributed by atoms with van der Waals surface area (Å²) in [5.74, 6) is -3.21. The Balaban J connectivity index is 1.54. The molecule has 192 valence electrons. The number of hydrogen-bond donors (Lipinski definition) is 2. The number of benzene rings is 1. The van der Waals surface area contributed by atoms with Crippen LogP contribution in [0.3, 0.4) is 0 Å². The maximum Gasteiger partial charge on any atom is 0.302 e. The first-order valence-electron chi connectivity index (χ1n) is 11.2. The number of esters is 1. The van der Waals surface area contributed by atoms with E-state index in [1.165, 1.54) is 29.9 Å². The highest BCUT2D eigenvalue weighted by molar-refractivity contribution is 6.35. The van der Waals surface area contributed by atoms with E-state index >= 15 is 0 Å². The van der Waals surface area contributed by atoms with E-state index in [2.05, 4.69) is 15.7 Å². The molecule has 1 saturated heterocycles. The van der Waals surface area contributed by atoms with Crippen molar-refractivity contribution in [3.05, 3.63) is 63.7 Å². The van der Waals surface area contributed by atoms with Crippen LogP contribution in [-0.4, -0.2) is 46.9 Å². The summed E-state index contributed by atoms with van der Waals surface area (Å²) in [6, 6.07) is 4.65. The summed E-state index contributed by atoms with van der Waals surface area (Å²) in [7, 11) is 1.68. The first-order chi connectivity index (χ1) is 17.1. The number of carbonyl (C=O) groups is 2. The third-order valence-corrected chi connectivity index (χ3v) is 6.73. The molecule has 8 nitrogen and oxygen atoms in total. The van der Waals surface area contributed by atoms with Gasteiger partial charge in [0.15, 0.2) is 17.4 Å². The third-order valence-electron chi connectivity index (χ3n) is 6.17. The first kappa shape index (κ1) is 26.1. The molecule has 0 bridgehead atoms. The fourth-order valence-electron chi connectivity index (χ4n) is 4.41. The summed E-state index contributed by atoms with van der Waals surface area (Å²) < 4.78 is 39.7. The van der Waals surface area contributed by atoms with Gasteiger partial charge in [0.05, 0.1) is 29.1 Å². The van der Waals surface area contributed by atoms with Crippen LogP contribution in [0, 0.1) is 11.6 Å². The van der Waals surface area contributed by atoms with Crippen molar-refractivity contribution < 1.29 is 27.5 Å². The quantitative estimate of drug-likeness (QED) is 0.429. The number of hydrogen-bond acceptors (Lipinski definition) is 6. The Kier molecular flexibility index (Phi) is 7.97. The van der Waals surface area contributed by atoms with Crippen molar-refractivity contribution in [3.8, 4) is 11.3 Å². The Bertz CT molecular complexity index is 1260. The van der Waals surface area contributed by atoms with E-state index in [-0.39, 0.29) is 35.5 Å². The molecule has 2 aromatic heterocycles. The van der Waals surface area contributed by atoms with Gasteiger partial charge in [-0.2, -0.15) is 5.10 Å². The lowest BCUT2D eigenvalue weighted by Crippen LogP contribution is -2.53. The molecule has 3 heterocycles. The normalized spacial score (nSPS) is 19.8. The second kappa shape index (κ2) is 11.0. The number of ether oxygens (including phenoxy) is 1. The van der Waals surface area contributed by atoms with Crippen LogP contribution in [0.5, 0.6) is 0 Å². The molecule has 1 unspecified atom stereocenters. The van der Waals surface area contributed by atoms with Crippen LogP contribution >= 0.6 is 23.2 Å². The number of carbonyl (C=O) groups excluding carboxylic acids is 2. The Labute approximate surface area is 215 Å². The van der Waals surface area contributed by atoms with Gasteiger partial charge in [0.2, 0.25) is 5.22 Å². The van der Waals surface area contributed by atoms with E-state index in [0.29, 0.717) is 41.2 Å². The fraction of sp³-hybridized carbons (Fsp3) is 0.375. The predicted molar refractivity (Wildman–Crippen MR) is 129 cm³/mol. The Morgan fingerprint density at radius 3 is 2.72 bits per heavy atom. The molecular formula is C24H24Cl2F2N4O4. The van der Waals surface area contributed by atoms with Crippen molar-refractivity contribution in [1.82, 2.24) is 20.4 Å². The summed E-state index contributed by atoms with van der Waals surface area (Å²) in [6.07, 6.45) is 2.48. The number of furan rings is 1. The fourth-order valence-corrected chi connectivity index (χ4v) is 4.91. The Morgan fingerprint density at radius 2 is 2.06 bits per heavy atom. The number of nitrogens with one attached hydrogen (secondary N) is 2. The van der Waals surface area contributed by atoms with Crippen LogP contribution in [-0.2, 0) is 16.6 Å². The summed E-state index contributed by atoms with van der Waals surface area (Å²) in [5, 5.41) is 10.6. The topological polar surface area (TPSA) is 98.4 Å². The highest BCUT2D eigenvalue weighted by atomic mass is 35.5. The Hall–Kier alpha value is -2.95. The Morgan fingerprint density at radius 1 is 1.28 bits per heavy atom. The van der Waals surface area contributed by atoms with Crippen LogP contribution in [0.15, 0.2) is 34.9 Å². The van der Waals surface area contributed by atoms with E-state index in [0.717, 1.165) is 12.1 Å². The predicted octanol–water partition coefficient (Wildman–Crippen LogP) is 4.46. The molecule has 4 rings (SSSR count). The summed E-state index contributed by atoms with van der Waals surface area (Å²) in [6.45, 7) is 1.90. The van der Waals surface area contributed by atoms with Gasteiger partial charge in [0.25, 0.3) is 5.91 Å². The SMILES string of the molecule is CC(=O)OCCC1C[C@@H](c2ccc(F)c(F)c2)[C@H](NC(=O)c2cc(-c3c(Cl)cnn3C)c(Cl)o2)CN1. The van der Waals surface area contributed by atoms with E-state index in [1.54, 1.807) is 7.05 Å². The number of amides is 1. The molecule has 3 atom stereocenters. The van der Waals surface area contributed by atoms with Crippen molar-refractivity contribution in [2.45, 2.75) is 37.8 Å². The molecule has 3 aromatic rings. The zero-order valence-corrected chi connectivity index (χ0v) is 21.0. The van der Waals surface area contributed by atoms with Crippen molar-refractivity contribution in [3.63, 3.8) is 0 Å². The lowest BCUT2D eigenvalue weighted by molar-refractivity contribution is -0.141. The molecule has 1 fully saturated rings. The molecule has 0 spiro atoms. The van der Waals surface area contributed by atoms with E-state index in [9.17, 15) is 18.4 Å². The van der Waals surface area contributed by atoms with Crippen LogP contribution < -0.4 is 10.6 Å². The maximum absolute atomic E-state index is 14.0. The molecule has 0 aliphatic carbocycles. The minimum Gasteiger partial charge on any atom is -0.466 e. The van der Waals surface area contributed by atoms with Gasteiger partial charge in [0, 0.05) is 44.6 Å². The molecule has 0 radical (unpaired) electrons. The lowest BCUT2D eigenvalue weighted by Gasteiger charge is -2.37. The van der Waals surface area contributed by atoms with Crippen molar-refractivity contribution in [1.29, 1.82) is 0 Å². The number of aromatic nitrogens is 2. The van der Waals surface area contributed by atoms with Gasteiger partial charge in [-0.15, -0.1) is 0 Å². The molecule has 12 heteroatoms. The van der Waals surface area contributed by atoms with Gasteiger partial charge in [0.1, 0.15) is 0 Å². The van der Waals surface area contributed by atoms with Crippen LogP contribution in [0.4, 0.5) is 8.78 Å². The molecule has 1 aliphatic rings. The second-order valence-electron chi connectivity index (χ2n) is 8.59. The monoisotopic (exact) mass is 540 g/mol. The van der Waals surface area contributed by atoms with Crippen LogP contribution in [0.25, 0.3) is 11.3 Å². The number of piperidine rings is 1. The van der Waals surface area contributed by atoms with Crippen molar-refractivity contribution in [2.24, 2.45) is 7.05 Å². The summed E-state index contributed by atoms with van der Waals surface area (Å²) in [5.41, 5.74) is 1.45. The summed E-state index contributed by atoms with van der Waals surface area (Å²) in [4.78, 5) is 24.2. The molecule has 1 aliphatic heterocycles. The van der Waals surface area contributed by atoms with Crippen molar-refractivity contribution >= 4 is 35.1 Å². The van der Waals surface area contributed by atoms with E-state index < -0.39 is 23.6 Å². The van der Waals surface area contributed by atoms with Gasteiger partial charge >= 0.3 is 5.97 Å². The standard InChI is InChI=1S/C24H24Cl2F2N4O4/c1-12(33)35-6-5-14-8-15(13-3-4-18(27)19(28)7-13)20(11-29-14)31-24(34)21-9-16(23(26)36-21)22-17(25)10-30-32(22)2/h3-4,7,9-10,14-15,20,29H,5-6,8,11H2,1-2H3,(H,31,34)/t14?,15-,20+/m0/s1. The largest absolute Gasteiger partial charge is 0.466 e. The number of rotatable bonds is 7. The molecule has 1 amide bonds. The van der Waals surface area contributed by atoms with Gasteiger partial charge in [-0.25, -0.2) is 8.78 Å². The van der Waals surface area contributed by atoms with Gasteiger partial charge < -0.3 is 19.8 Å². The lowest BCUT2D eigenvalue weighted by atomic mass is 9.81. The molecule has 2 N–H and O–H groups in total. The number of halogens is 4. The molecule has 36 heavy (non-hydrogen) atoms. The van der Waals surface area contributed by atoms with Gasteiger partial charge in [-0.1, -0.05) is 17.7 Å². The average Bonchev–Trinajstić information content (AvgIpc) is 3.37. The number of nitrogens with zero attached hydrogens (tertiary/aromatic N) is 2. The van der Waals surface area contributed by atoms with Gasteiger partial charge in [-0.05, 0) is 42.1 Å². The van der Waals surface area contributed by atoms with E-state index in [1.807, 2.05) is 0 Å². The van der Waals surface area contributed by atoms with Crippen molar-refractivity contribution in [2.75, 3.05) is 13.2 Å². The van der Waals surface area contributed by atoms with Gasteiger partial charge in [-0.3, -0.25) is 14.3 Å².